The molecule has 0 heterocycles. The second-order valence-corrected chi connectivity index (χ2v) is 3.80. The zero-order valence-corrected chi connectivity index (χ0v) is 10.5. The van der Waals surface area contributed by atoms with Gasteiger partial charge in [0.05, 0.1) is 14.2 Å². The van der Waals surface area contributed by atoms with E-state index in [2.05, 4.69) is 6.92 Å². The fraction of sp³-hybridized carbons (Fsp3) is 0.429. The zero-order valence-electron chi connectivity index (χ0n) is 10.5. The Bertz CT molecular complexity index is 372. The van der Waals surface area contributed by atoms with E-state index < -0.39 is 0 Å². The molecule has 0 aliphatic rings. The number of carbonyl (C=O) groups is 1. The lowest BCUT2D eigenvalue weighted by molar-refractivity contribution is 0.0979. The van der Waals surface area contributed by atoms with Gasteiger partial charge in [-0.3, -0.25) is 4.79 Å². The van der Waals surface area contributed by atoms with Crippen LogP contribution in [0.2, 0.25) is 0 Å². The summed E-state index contributed by atoms with van der Waals surface area (Å²) in [7, 11) is 3.14. The average molecular weight is 235 g/mol. The quantitative estimate of drug-likeness (QED) is 0.537. The van der Waals surface area contributed by atoms with E-state index in [1.165, 1.54) is 0 Å². The standard InChI is InChI=1S/C14H19O3/c1-4-5-6-7-12(15)11-8-9-13(16-2)14(10-11)17-3/h8-10H,1,4-7H2,2-3H3. The minimum absolute atomic E-state index is 0.138. The van der Waals surface area contributed by atoms with Crippen molar-refractivity contribution in [1.29, 1.82) is 0 Å². The number of hydrogen-bond donors (Lipinski definition) is 0. The predicted octanol–water partition coefficient (Wildman–Crippen LogP) is 3.28. The Morgan fingerprint density at radius 3 is 2.47 bits per heavy atom. The Hall–Kier alpha value is -1.51. The van der Waals surface area contributed by atoms with Crippen molar-refractivity contribution in [1.82, 2.24) is 0 Å². The first kappa shape index (κ1) is 13.6. The fourth-order valence-corrected chi connectivity index (χ4v) is 1.62. The molecule has 1 radical (unpaired) electrons. The molecule has 93 valence electrons. The maximum atomic E-state index is 11.9. The Balaban J connectivity index is 2.74. The van der Waals surface area contributed by atoms with Gasteiger partial charge >= 0.3 is 0 Å². The van der Waals surface area contributed by atoms with E-state index in [0.717, 1.165) is 19.3 Å². The molecule has 0 spiro atoms. The van der Waals surface area contributed by atoms with Crippen LogP contribution in [-0.2, 0) is 0 Å². The monoisotopic (exact) mass is 235 g/mol. The van der Waals surface area contributed by atoms with Gasteiger partial charge in [0.25, 0.3) is 0 Å². The van der Waals surface area contributed by atoms with Crippen molar-refractivity contribution in [2.75, 3.05) is 14.2 Å². The maximum Gasteiger partial charge on any atom is 0.163 e. The molecule has 0 saturated carbocycles. The molecule has 3 nitrogen and oxygen atoms in total. The summed E-state index contributed by atoms with van der Waals surface area (Å²) in [5.41, 5.74) is 0.673. The number of carbonyl (C=O) groups excluding carboxylic acids is 1. The van der Waals surface area contributed by atoms with Gasteiger partial charge in [0.1, 0.15) is 0 Å². The number of unbranched alkanes of at least 4 members (excludes halogenated alkanes) is 2. The van der Waals surface area contributed by atoms with Gasteiger partial charge in [-0.05, 0) is 24.6 Å². The van der Waals surface area contributed by atoms with Crippen LogP contribution in [0, 0.1) is 6.92 Å². The maximum absolute atomic E-state index is 11.9. The summed E-state index contributed by atoms with van der Waals surface area (Å²) in [6, 6.07) is 5.26. The molecular weight excluding hydrogens is 216 g/mol. The zero-order chi connectivity index (χ0) is 12.7. The number of ether oxygens (including phenoxy) is 2. The van der Waals surface area contributed by atoms with Crippen molar-refractivity contribution in [2.24, 2.45) is 0 Å². The lowest BCUT2D eigenvalue weighted by atomic mass is 10.0. The van der Waals surface area contributed by atoms with Crippen LogP contribution in [0.4, 0.5) is 0 Å². The molecule has 0 saturated heterocycles. The Labute approximate surface area is 103 Å². The number of ketones is 1. The molecule has 1 aromatic rings. The van der Waals surface area contributed by atoms with Gasteiger partial charge in [-0.25, -0.2) is 0 Å². The van der Waals surface area contributed by atoms with Gasteiger partial charge in [-0.15, -0.1) is 0 Å². The van der Waals surface area contributed by atoms with Gasteiger partial charge in [0.2, 0.25) is 0 Å². The lowest BCUT2D eigenvalue weighted by Gasteiger charge is -2.08. The summed E-state index contributed by atoms with van der Waals surface area (Å²) in [5.74, 6) is 1.37. The van der Waals surface area contributed by atoms with Crippen LogP contribution < -0.4 is 9.47 Å². The summed E-state index contributed by atoms with van der Waals surface area (Å²) in [5, 5.41) is 0. The van der Waals surface area contributed by atoms with Crippen LogP contribution in [0.25, 0.3) is 0 Å². The highest BCUT2D eigenvalue weighted by Gasteiger charge is 2.10. The minimum atomic E-state index is 0.138. The molecule has 1 rings (SSSR count). The number of methoxy groups -OCH3 is 2. The van der Waals surface area contributed by atoms with E-state index in [9.17, 15) is 4.79 Å². The van der Waals surface area contributed by atoms with Crippen molar-refractivity contribution in [3.05, 3.63) is 30.7 Å². The average Bonchev–Trinajstić information content (AvgIpc) is 2.38. The van der Waals surface area contributed by atoms with Crippen LogP contribution in [0.15, 0.2) is 18.2 Å². The molecule has 0 aromatic heterocycles. The predicted molar refractivity (Wildman–Crippen MR) is 67.7 cm³/mol. The van der Waals surface area contributed by atoms with Gasteiger partial charge in [-0.1, -0.05) is 19.8 Å². The van der Waals surface area contributed by atoms with Crippen LogP contribution >= 0.6 is 0 Å². The van der Waals surface area contributed by atoms with E-state index in [0.29, 0.717) is 23.5 Å². The molecule has 0 aliphatic carbocycles. The third-order valence-corrected chi connectivity index (χ3v) is 2.61. The molecule has 0 bridgehead atoms. The van der Waals surface area contributed by atoms with Crippen LogP contribution in [0.1, 0.15) is 36.0 Å². The van der Waals surface area contributed by atoms with Crippen molar-refractivity contribution in [3.63, 3.8) is 0 Å². The van der Waals surface area contributed by atoms with Crippen molar-refractivity contribution in [3.8, 4) is 11.5 Å². The molecule has 0 fully saturated rings. The molecule has 3 heteroatoms. The SMILES string of the molecule is [CH2]CCCCC(=O)c1ccc(OC)c(OC)c1. The molecule has 0 unspecified atom stereocenters. The summed E-state index contributed by atoms with van der Waals surface area (Å²) in [6.45, 7) is 3.76. The number of rotatable bonds is 7. The molecular formula is C14H19O3. The summed E-state index contributed by atoms with van der Waals surface area (Å²) < 4.78 is 10.3. The van der Waals surface area contributed by atoms with Crippen LogP contribution in [0.3, 0.4) is 0 Å². The van der Waals surface area contributed by atoms with Gasteiger partial charge in [0.15, 0.2) is 17.3 Å². The van der Waals surface area contributed by atoms with Crippen LogP contribution in [0.5, 0.6) is 11.5 Å². The minimum Gasteiger partial charge on any atom is -0.493 e. The molecule has 17 heavy (non-hydrogen) atoms. The second kappa shape index (κ2) is 6.94. The van der Waals surface area contributed by atoms with Gasteiger partial charge in [0, 0.05) is 12.0 Å². The van der Waals surface area contributed by atoms with Gasteiger partial charge < -0.3 is 9.47 Å². The van der Waals surface area contributed by atoms with E-state index in [1.54, 1.807) is 32.4 Å². The van der Waals surface area contributed by atoms with E-state index in [1.807, 2.05) is 0 Å². The summed E-state index contributed by atoms with van der Waals surface area (Å²) in [4.78, 5) is 11.9. The Morgan fingerprint density at radius 1 is 1.18 bits per heavy atom. The number of benzene rings is 1. The smallest absolute Gasteiger partial charge is 0.163 e. The summed E-state index contributed by atoms with van der Waals surface area (Å²) >= 11 is 0. The number of hydrogen-bond acceptors (Lipinski definition) is 3. The lowest BCUT2D eigenvalue weighted by Crippen LogP contribution is -2.00. The topological polar surface area (TPSA) is 35.5 Å². The molecule has 0 atom stereocenters. The van der Waals surface area contributed by atoms with E-state index >= 15 is 0 Å². The van der Waals surface area contributed by atoms with E-state index in [4.69, 9.17) is 9.47 Å². The second-order valence-electron chi connectivity index (χ2n) is 3.80. The first-order valence-electron chi connectivity index (χ1n) is 5.77. The van der Waals surface area contributed by atoms with Crippen molar-refractivity contribution in [2.45, 2.75) is 25.7 Å². The largest absolute Gasteiger partial charge is 0.493 e. The highest BCUT2D eigenvalue weighted by molar-refractivity contribution is 5.96. The Morgan fingerprint density at radius 2 is 1.88 bits per heavy atom. The normalized spacial score (nSPS) is 10.1. The first-order valence-corrected chi connectivity index (χ1v) is 5.77. The van der Waals surface area contributed by atoms with Crippen LogP contribution in [-0.4, -0.2) is 20.0 Å². The fourth-order valence-electron chi connectivity index (χ4n) is 1.62. The van der Waals surface area contributed by atoms with Gasteiger partial charge in [-0.2, -0.15) is 0 Å². The number of Topliss-reactive ketones (excluding diaryl/α,β-unsaturated/α-hetero) is 1. The molecule has 0 aliphatic heterocycles. The summed E-state index contributed by atoms with van der Waals surface area (Å²) in [6.07, 6.45) is 3.31. The third-order valence-electron chi connectivity index (χ3n) is 2.61. The van der Waals surface area contributed by atoms with E-state index in [-0.39, 0.29) is 5.78 Å². The van der Waals surface area contributed by atoms with Crippen molar-refractivity contribution >= 4 is 5.78 Å². The first-order chi connectivity index (χ1) is 8.22. The highest BCUT2D eigenvalue weighted by Crippen LogP contribution is 2.28. The molecule has 1 aromatic carbocycles. The Kier molecular flexibility index (Phi) is 5.53. The highest BCUT2D eigenvalue weighted by atomic mass is 16.5. The third kappa shape index (κ3) is 3.77. The van der Waals surface area contributed by atoms with Crippen molar-refractivity contribution < 1.29 is 14.3 Å². The molecule has 0 amide bonds. The molecule has 0 N–H and O–H groups in total.